The summed E-state index contributed by atoms with van der Waals surface area (Å²) in [6.45, 7) is 1.61. The lowest BCUT2D eigenvalue weighted by Gasteiger charge is -2.13. The van der Waals surface area contributed by atoms with E-state index in [-0.39, 0.29) is 18.3 Å². The van der Waals surface area contributed by atoms with Crippen LogP contribution >= 0.6 is 12.8 Å². The molecule has 1 atom stereocenters. The Balaban J connectivity index is 2.70. The summed E-state index contributed by atoms with van der Waals surface area (Å²) in [6, 6.07) is 6.94. The zero-order chi connectivity index (χ0) is 13.5. The number of carbonyl (C=O) groups excluding carboxylic acids is 2. The number of rotatable bonds is 5. The van der Waals surface area contributed by atoms with E-state index in [0.717, 1.165) is 5.56 Å². The number of hydrogen-bond donors (Lipinski definition) is 2. The summed E-state index contributed by atoms with van der Waals surface area (Å²) in [5.41, 5.74) is 0.762. The lowest BCUT2D eigenvalue weighted by atomic mass is 10.1. The topological polar surface area (TPSA) is 64.6 Å². The molecule has 0 radical (unpaired) electrons. The Morgan fingerprint density at radius 2 is 2.17 bits per heavy atom. The van der Waals surface area contributed by atoms with Gasteiger partial charge in [0, 0.05) is 0 Å². The standard InChI is InChI=1S/C12H15NO4S/c1-8(12(15)13-18)17-10-5-3-4-9(6-10)7-11(14)16-2/h3-6,8,18H,7H2,1-2H3,(H,13,15). The second-order valence-corrected chi connectivity index (χ2v) is 3.86. The number of esters is 1. The first-order chi connectivity index (χ1) is 8.56. The Bertz CT molecular complexity index is 436. The van der Waals surface area contributed by atoms with E-state index in [1.165, 1.54) is 7.11 Å². The molecule has 0 aliphatic rings. The maximum Gasteiger partial charge on any atom is 0.309 e. The van der Waals surface area contributed by atoms with Crippen molar-refractivity contribution in [1.29, 1.82) is 0 Å². The molecule has 1 unspecified atom stereocenters. The first kappa shape index (κ1) is 14.4. The number of hydrogen-bond acceptors (Lipinski definition) is 5. The maximum atomic E-state index is 11.2. The molecule has 1 aromatic carbocycles. The predicted octanol–water partition coefficient (Wildman–Crippen LogP) is 1.13. The van der Waals surface area contributed by atoms with Crippen molar-refractivity contribution >= 4 is 24.7 Å². The number of benzene rings is 1. The molecule has 0 heterocycles. The number of carbonyl (C=O) groups is 2. The highest BCUT2D eigenvalue weighted by molar-refractivity contribution is 7.78. The monoisotopic (exact) mass is 269 g/mol. The fraction of sp³-hybridized carbons (Fsp3) is 0.333. The van der Waals surface area contributed by atoms with Crippen LogP contribution in [0, 0.1) is 0 Å². The third-order valence-electron chi connectivity index (χ3n) is 2.27. The lowest BCUT2D eigenvalue weighted by molar-refractivity contribution is -0.139. The Morgan fingerprint density at radius 3 is 2.78 bits per heavy atom. The molecule has 5 nitrogen and oxygen atoms in total. The molecular formula is C12H15NO4S. The summed E-state index contributed by atoms with van der Waals surface area (Å²) in [6.07, 6.45) is -0.489. The van der Waals surface area contributed by atoms with Crippen LogP contribution in [-0.4, -0.2) is 25.1 Å². The van der Waals surface area contributed by atoms with E-state index in [1.807, 2.05) is 0 Å². The van der Waals surface area contributed by atoms with Crippen LogP contribution in [0.3, 0.4) is 0 Å². The minimum absolute atomic E-state index is 0.168. The van der Waals surface area contributed by atoms with Crippen molar-refractivity contribution < 1.29 is 19.1 Å². The molecule has 6 heteroatoms. The van der Waals surface area contributed by atoms with Gasteiger partial charge in [0.2, 0.25) is 0 Å². The van der Waals surface area contributed by atoms with Crippen LogP contribution in [0.4, 0.5) is 0 Å². The maximum absolute atomic E-state index is 11.2. The van der Waals surface area contributed by atoms with E-state index in [1.54, 1.807) is 31.2 Å². The average molecular weight is 269 g/mol. The van der Waals surface area contributed by atoms with Crippen LogP contribution in [-0.2, 0) is 20.7 Å². The fourth-order valence-corrected chi connectivity index (χ4v) is 1.50. The molecule has 0 aliphatic heterocycles. The quantitative estimate of drug-likeness (QED) is 0.621. The van der Waals surface area contributed by atoms with E-state index in [2.05, 4.69) is 22.3 Å². The van der Waals surface area contributed by atoms with Gasteiger partial charge in [-0.25, -0.2) is 0 Å². The van der Waals surface area contributed by atoms with Gasteiger partial charge in [0.15, 0.2) is 6.10 Å². The number of amides is 1. The van der Waals surface area contributed by atoms with Gasteiger partial charge in [0.25, 0.3) is 5.91 Å². The van der Waals surface area contributed by atoms with Gasteiger partial charge < -0.3 is 9.47 Å². The van der Waals surface area contributed by atoms with Gasteiger partial charge in [-0.05, 0) is 24.6 Å². The minimum atomic E-state index is -0.657. The highest BCUT2D eigenvalue weighted by atomic mass is 32.1. The third-order valence-corrected chi connectivity index (χ3v) is 2.49. The molecule has 1 aromatic rings. The first-order valence-electron chi connectivity index (χ1n) is 5.33. The van der Waals surface area contributed by atoms with Crippen LogP contribution < -0.4 is 9.46 Å². The second-order valence-electron chi connectivity index (χ2n) is 3.64. The summed E-state index contributed by atoms with van der Waals surface area (Å²) in [5.74, 6) is -0.147. The van der Waals surface area contributed by atoms with Crippen molar-refractivity contribution in [2.75, 3.05) is 7.11 Å². The molecule has 1 rings (SSSR count). The molecule has 0 aromatic heterocycles. The Labute approximate surface area is 111 Å². The normalized spacial score (nSPS) is 11.5. The van der Waals surface area contributed by atoms with E-state index in [4.69, 9.17) is 4.74 Å². The Hall–Kier alpha value is -1.69. The largest absolute Gasteiger partial charge is 0.481 e. The highest BCUT2D eigenvalue weighted by Crippen LogP contribution is 2.15. The number of thiol groups is 1. The summed E-state index contributed by atoms with van der Waals surface area (Å²) >= 11 is 3.66. The van der Waals surface area contributed by atoms with Gasteiger partial charge in [-0.15, -0.1) is 0 Å². The SMILES string of the molecule is COC(=O)Cc1cccc(OC(C)C(=O)NS)c1. The fourth-order valence-electron chi connectivity index (χ4n) is 1.32. The number of methoxy groups -OCH3 is 1. The molecule has 1 amide bonds. The molecule has 0 bridgehead atoms. The Morgan fingerprint density at radius 1 is 1.44 bits per heavy atom. The van der Waals surface area contributed by atoms with Gasteiger partial charge in [-0.3, -0.25) is 14.3 Å². The number of nitrogens with one attached hydrogen (secondary N) is 1. The van der Waals surface area contributed by atoms with Gasteiger partial charge in [0.05, 0.1) is 13.5 Å². The van der Waals surface area contributed by atoms with Crippen molar-refractivity contribution in [1.82, 2.24) is 4.72 Å². The lowest BCUT2D eigenvalue weighted by Crippen LogP contribution is -2.31. The molecular weight excluding hydrogens is 254 g/mol. The second kappa shape index (κ2) is 6.90. The van der Waals surface area contributed by atoms with Gasteiger partial charge in [-0.1, -0.05) is 24.9 Å². The van der Waals surface area contributed by atoms with Crippen molar-refractivity contribution in [3.8, 4) is 5.75 Å². The zero-order valence-electron chi connectivity index (χ0n) is 10.2. The average Bonchev–Trinajstić information content (AvgIpc) is 2.37. The molecule has 98 valence electrons. The van der Waals surface area contributed by atoms with Crippen LogP contribution in [0.25, 0.3) is 0 Å². The van der Waals surface area contributed by atoms with Crippen LogP contribution in [0.2, 0.25) is 0 Å². The Kier molecular flexibility index (Phi) is 5.51. The van der Waals surface area contributed by atoms with Crippen LogP contribution in [0.1, 0.15) is 12.5 Å². The van der Waals surface area contributed by atoms with Crippen molar-refractivity contribution in [2.24, 2.45) is 0 Å². The first-order valence-corrected chi connectivity index (χ1v) is 5.78. The summed E-state index contributed by atoms with van der Waals surface area (Å²) in [4.78, 5) is 22.4. The van der Waals surface area contributed by atoms with Gasteiger partial charge in [-0.2, -0.15) is 0 Å². The van der Waals surface area contributed by atoms with Gasteiger partial charge >= 0.3 is 5.97 Å². The zero-order valence-corrected chi connectivity index (χ0v) is 11.1. The van der Waals surface area contributed by atoms with E-state index in [9.17, 15) is 9.59 Å². The van der Waals surface area contributed by atoms with E-state index < -0.39 is 6.10 Å². The van der Waals surface area contributed by atoms with Crippen molar-refractivity contribution in [3.05, 3.63) is 29.8 Å². The molecule has 0 fully saturated rings. The summed E-state index contributed by atoms with van der Waals surface area (Å²) in [5, 5.41) is 0. The molecule has 1 N–H and O–H groups in total. The van der Waals surface area contributed by atoms with Crippen LogP contribution in [0.5, 0.6) is 5.75 Å². The molecule has 0 aliphatic carbocycles. The molecule has 0 spiro atoms. The molecule has 0 saturated heterocycles. The molecule has 18 heavy (non-hydrogen) atoms. The van der Waals surface area contributed by atoms with Crippen molar-refractivity contribution in [2.45, 2.75) is 19.4 Å². The summed E-state index contributed by atoms with van der Waals surface area (Å²) in [7, 11) is 1.34. The highest BCUT2D eigenvalue weighted by Gasteiger charge is 2.13. The third kappa shape index (κ3) is 4.29. The number of ether oxygens (including phenoxy) is 2. The summed E-state index contributed by atoms with van der Waals surface area (Å²) < 4.78 is 12.2. The van der Waals surface area contributed by atoms with Crippen LogP contribution in [0.15, 0.2) is 24.3 Å². The van der Waals surface area contributed by atoms with Gasteiger partial charge in [0.1, 0.15) is 5.75 Å². The minimum Gasteiger partial charge on any atom is -0.481 e. The van der Waals surface area contributed by atoms with E-state index in [0.29, 0.717) is 5.75 Å². The smallest absolute Gasteiger partial charge is 0.309 e. The predicted molar refractivity (Wildman–Crippen MR) is 69.4 cm³/mol. The molecule has 0 saturated carbocycles. The van der Waals surface area contributed by atoms with E-state index >= 15 is 0 Å². The van der Waals surface area contributed by atoms with Crippen molar-refractivity contribution in [3.63, 3.8) is 0 Å².